The van der Waals surface area contributed by atoms with Crippen molar-refractivity contribution in [3.8, 4) is 0 Å². The molecule has 116 valence electrons. The van der Waals surface area contributed by atoms with Crippen LogP contribution in [-0.4, -0.2) is 37.0 Å². The Morgan fingerprint density at radius 2 is 1.55 bits per heavy atom. The second-order valence-corrected chi connectivity index (χ2v) is 3.35. The Morgan fingerprint density at radius 1 is 1.05 bits per heavy atom. The topological polar surface area (TPSA) is 52.6 Å². The molecule has 0 saturated heterocycles. The highest BCUT2D eigenvalue weighted by Crippen LogP contribution is 2.28. The molecule has 0 spiro atoms. The molecule has 0 aromatic rings. The lowest BCUT2D eigenvalue weighted by Crippen LogP contribution is -2.37. The fraction of sp³-hybridized carbons (Fsp3) is 0.556. The molecule has 0 amide bonds. The lowest BCUT2D eigenvalue weighted by atomic mass is 10.2. The molecular formula is C9H7F7O4. The van der Waals surface area contributed by atoms with Gasteiger partial charge in [0, 0.05) is 6.42 Å². The van der Waals surface area contributed by atoms with Crippen molar-refractivity contribution in [3.63, 3.8) is 0 Å². The van der Waals surface area contributed by atoms with E-state index in [1.165, 1.54) is 0 Å². The number of alkyl halides is 6. The van der Waals surface area contributed by atoms with Crippen LogP contribution in [0.15, 0.2) is 12.4 Å². The van der Waals surface area contributed by atoms with Crippen LogP contribution < -0.4 is 0 Å². The van der Waals surface area contributed by atoms with Crippen LogP contribution in [0.5, 0.6) is 0 Å². The van der Waals surface area contributed by atoms with Crippen molar-refractivity contribution >= 4 is 11.9 Å². The van der Waals surface area contributed by atoms with Crippen LogP contribution in [0, 0.1) is 0 Å². The van der Waals surface area contributed by atoms with E-state index in [4.69, 9.17) is 0 Å². The van der Waals surface area contributed by atoms with Crippen molar-refractivity contribution in [2.75, 3.05) is 6.61 Å². The van der Waals surface area contributed by atoms with Gasteiger partial charge in [0.2, 0.25) is 6.10 Å². The first-order valence-corrected chi connectivity index (χ1v) is 4.67. The number of hydrogen-bond donors (Lipinski definition) is 0. The van der Waals surface area contributed by atoms with Gasteiger partial charge in [0.1, 0.15) is 0 Å². The largest absolute Gasteiger partial charge is 0.448 e. The molecule has 0 heterocycles. The van der Waals surface area contributed by atoms with Crippen LogP contribution >= 0.6 is 0 Å². The van der Waals surface area contributed by atoms with Crippen molar-refractivity contribution < 1.29 is 49.8 Å². The van der Waals surface area contributed by atoms with E-state index in [1.807, 2.05) is 0 Å². The summed E-state index contributed by atoms with van der Waals surface area (Å²) < 4.78 is 90.9. The van der Waals surface area contributed by atoms with Gasteiger partial charge in [0.25, 0.3) is 0 Å². The zero-order valence-electron chi connectivity index (χ0n) is 9.48. The quantitative estimate of drug-likeness (QED) is 0.454. The monoisotopic (exact) mass is 312 g/mol. The van der Waals surface area contributed by atoms with Gasteiger partial charge in [-0.25, -0.2) is 14.0 Å². The van der Waals surface area contributed by atoms with Crippen molar-refractivity contribution in [2.24, 2.45) is 0 Å². The Hall–Kier alpha value is -1.81. The van der Waals surface area contributed by atoms with Crippen molar-refractivity contribution in [2.45, 2.75) is 24.9 Å². The second-order valence-electron chi connectivity index (χ2n) is 3.35. The fourth-order valence-electron chi connectivity index (χ4n) is 0.809. The predicted molar refractivity (Wildman–Crippen MR) is 47.8 cm³/mol. The Bertz CT molecular complexity index is 385. The molecule has 0 aromatic heterocycles. The van der Waals surface area contributed by atoms with E-state index in [9.17, 15) is 40.3 Å². The van der Waals surface area contributed by atoms with E-state index in [0.29, 0.717) is 0 Å². The number of halogens is 7. The maximum absolute atomic E-state index is 12.3. The number of rotatable bonds is 4. The summed E-state index contributed by atoms with van der Waals surface area (Å²) in [6.45, 7) is 0.333. The summed E-state index contributed by atoms with van der Waals surface area (Å²) in [5.41, 5.74) is 0. The minimum Gasteiger partial charge on any atom is -0.448 e. The summed E-state index contributed by atoms with van der Waals surface area (Å²) in [7, 11) is 0. The zero-order valence-corrected chi connectivity index (χ0v) is 9.48. The van der Waals surface area contributed by atoms with E-state index >= 15 is 0 Å². The van der Waals surface area contributed by atoms with Crippen LogP contribution in [0.1, 0.15) is 6.42 Å². The minimum absolute atomic E-state index is 1.48. The van der Waals surface area contributed by atoms with Crippen LogP contribution in [0.2, 0.25) is 0 Å². The van der Waals surface area contributed by atoms with E-state index in [-0.39, 0.29) is 0 Å². The number of hydrogen-bond acceptors (Lipinski definition) is 4. The molecule has 0 aliphatic carbocycles. The molecule has 0 rings (SSSR count). The lowest BCUT2D eigenvalue weighted by molar-refractivity contribution is -0.225. The molecule has 0 N–H and O–H groups in total. The third-order valence-corrected chi connectivity index (χ3v) is 1.55. The van der Waals surface area contributed by atoms with Gasteiger partial charge in [0.05, 0.1) is 5.83 Å². The van der Waals surface area contributed by atoms with Gasteiger partial charge in [-0.1, -0.05) is 6.58 Å². The number of ether oxygens (including phenoxy) is 2. The molecule has 0 bridgehead atoms. The van der Waals surface area contributed by atoms with Crippen molar-refractivity contribution in [3.05, 3.63) is 12.4 Å². The van der Waals surface area contributed by atoms with Gasteiger partial charge in [-0.3, -0.25) is 0 Å². The van der Waals surface area contributed by atoms with Crippen molar-refractivity contribution in [1.29, 1.82) is 0 Å². The molecule has 0 fully saturated rings. The highest BCUT2D eigenvalue weighted by Gasteiger charge is 2.44. The van der Waals surface area contributed by atoms with Gasteiger partial charge in [0.15, 0.2) is 6.61 Å². The summed E-state index contributed by atoms with van der Waals surface area (Å²) >= 11 is 0. The predicted octanol–water partition coefficient (Wildman–Crippen LogP) is 2.44. The molecule has 20 heavy (non-hydrogen) atoms. The van der Waals surface area contributed by atoms with E-state index < -0.39 is 49.2 Å². The van der Waals surface area contributed by atoms with Crippen molar-refractivity contribution in [1.82, 2.24) is 0 Å². The Kier molecular flexibility index (Phi) is 5.97. The Labute approximate surface area is 107 Å². The first kappa shape index (κ1) is 18.2. The van der Waals surface area contributed by atoms with Crippen LogP contribution in [0.4, 0.5) is 30.7 Å². The average molecular weight is 312 g/mol. The number of carbonyl (C=O) groups is 2. The Morgan fingerprint density at radius 3 is 1.90 bits per heavy atom. The third-order valence-electron chi connectivity index (χ3n) is 1.55. The molecular weight excluding hydrogens is 305 g/mol. The molecule has 0 aliphatic heterocycles. The third kappa shape index (κ3) is 7.59. The number of carbonyl (C=O) groups excluding carboxylic acids is 2. The smallest absolute Gasteiger partial charge is 0.425 e. The SMILES string of the molecule is C=C(F)CC(OC(=O)C(=O)OCC(F)(F)F)C(F)(F)F. The van der Waals surface area contributed by atoms with Crippen LogP contribution in [0.25, 0.3) is 0 Å². The molecule has 0 radical (unpaired) electrons. The van der Waals surface area contributed by atoms with Gasteiger partial charge < -0.3 is 9.47 Å². The second kappa shape index (κ2) is 6.57. The highest BCUT2D eigenvalue weighted by atomic mass is 19.4. The summed E-state index contributed by atoms with van der Waals surface area (Å²) in [6.07, 6.45) is -14.7. The van der Waals surface area contributed by atoms with Gasteiger partial charge in [-0.05, 0) is 0 Å². The van der Waals surface area contributed by atoms with Crippen LogP contribution in [-0.2, 0) is 19.1 Å². The molecule has 0 aliphatic rings. The lowest BCUT2D eigenvalue weighted by Gasteiger charge is -2.19. The maximum Gasteiger partial charge on any atom is 0.425 e. The zero-order chi connectivity index (χ0) is 16.1. The first-order valence-electron chi connectivity index (χ1n) is 4.67. The molecule has 1 atom stereocenters. The first-order chi connectivity index (χ1) is 8.83. The molecule has 4 nitrogen and oxygen atoms in total. The van der Waals surface area contributed by atoms with Gasteiger partial charge in [-0.2, -0.15) is 26.3 Å². The van der Waals surface area contributed by atoms with E-state index in [2.05, 4.69) is 16.1 Å². The molecule has 11 heteroatoms. The molecule has 1 unspecified atom stereocenters. The molecule has 0 aromatic carbocycles. The minimum atomic E-state index is -5.23. The summed E-state index contributed by atoms with van der Waals surface area (Å²) in [4.78, 5) is 21.4. The van der Waals surface area contributed by atoms with Gasteiger partial charge >= 0.3 is 24.3 Å². The fourth-order valence-corrected chi connectivity index (χ4v) is 0.809. The summed E-state index contributed by atoms with van der Waals surface area (Å²) in [5, 5.41) is 0. The van der Waals surface area contributed by atoms with E-state index in [1.54, 1.807) is 0 Å². The number of esters is 2. The highest BCUT2D eigenvalue weighted by molar-refractivity contribution is 6.29. The van der Waals surface area contributed by atoms with Crippen LogP contribution in [0.3, 0.4) is 0 Å². The standard InChI is InChI=1S/C9H7F7O4/c1-4(10)2-5(9(14,15)16)20-7(18)6(17)19-3-8(11,12)13/h5H,1-3H2. The van der Waals surface area contributed by atoms with E-state index in [0.717, 1.165) is 0 Å². The molecule has 0 saturated carbocycles. The van der Waals surface area contributed by atoms with Gasteiger partial charge in [-0.15, -0.1) is 0 Å². The maximum atomic E-state index is 12.3. The normalized spacial score (nSPS) is 13.6. The summed E-state index contributed by atoms with van der Waals surface area (Å²) in [5.74, 6) is -6.09. The average Bonchev–Trinajstić information content (AvgIpc) is 2.21. The Balaban J connectivity index is 4.60. The summed E-state index contributed by atoms with van der Waals surface area (Å²) in [6, 6.07) is 0.